The molecule has 17 heavy (non-hydrogen) atoms. The van der Waals surface area contributed by atoms with E-state index in [1.54, 1.807) is 6.07 Å². The van der Waals surface area contributed by atoms with E-state index >= 15 is 0 Å². The van der Waals surface area contributed by atoms with Crippen molar-refractivity contribution in [1.29, 1.82) is 0 Å². The summed E-state index contributed by atoms with van der Waals surface area (Å²) in [7, 11) is 0. The Morgan fingerprint density at radius 1 is 1.12 bits per heavy atom. The number of para-hydroxylation sites is 1. The van der Waals surface area contributed by atoms with Crippen LogP contribution in [0.2, 0.25) is 0 Å². The van der Waals surface area contributed by atoms with E-state index < -0.39 is 5.97 Å². The van der Waals surface area contributed by atoms with Crippen LogP contribution < -0.4 is 5.56 Å². The number of hydrogen-bond donors (Lipinski definition) is 3. The summed E-state index contributed by atoms with van der Waals surface area (Å²) in [4.78, 5) is 28.1. The number of rotatable bonds is 1. The SMILES string of the molecule is O=C(O)c1cc2c(=O)[nH]c3ccccc3c2[nH]1. The van der Waals surface area contributed by atoms with Gasteiger partial charge in [-0.1, -0.05) is 18.2 Å². The zero-order valence-corrected chi connectivity index (χ0v) is 8.65. The zero-order chi connectivity index (χ0) is 12.0. The fourth-order valence-corrected chi connectivity index (χ4v) is 1.96. The standard InChI is InChI=1S/C12H8N2O3/c15-11-7-5-9(12(16)17)13-10(7)6-3-1-2-4-8(6)14-11/h1-5,13H,(H,14,15)(H,16,17). The normalized spacial score (nSPS) is 11.1. The van der Waals surface area contributed by atoms with E-state index in [0.29, 0.717) is 16.4 Å². The number of pyridine rings is 1. The molecule has 0 spiro atoms. The average Bonchev–Trinajstić information content (AvgIpc) is 2.75. The van der Waals surface area contributed by atoms with Gasteiger partial charge in [-0.15, -0.1) is 0 Å². The lowest BCUT2D eigenvalue weighted by Gasteiger charge is -1.98. The molecule has 0 aliphatic carbocycles. The van der Waals surface area contributed by atoms with E-state index in [0.717, 1.165) is 5.39 Å². The van der Waals surface area contributed by atoms with Gasteiger partial charge in [-0.25, -0.2) is 4.79 Å². The second-order valence-corrected chi connectivity index (χ2v) is 3.78. The molecule has 0 saturated heterocycles. The minimum atomic E-state index is -1.08. The monoisotopic (exact) mass is 228 g/mol. The number of carboxylic acids is 1. The summed E-state index contributed by atoms with van der Waals surface area (Å²) >= 11 is 0. The number of nitrogens with one attached hydrogen (secondary N) is 2. The molecule has 84 valence electrons. The summed E-state index contributed by atoms with van der Waals surface area (Å²) in [5.41, 5.74) is 0.967. The highest BCUT2D eigenvalue weighted by Gasteiger charge is 2.12. The van der Waals surface area contributed by atoms with Gasteiger partial charge < -0.3 is 15.1 Å². The molecule has 0 unspecified atom stereocenters. The number of fused-ring (bicyclic) bond motifs is 3. The lowest BCUT2D eigenvalue weighted by atomic mass is 10.2. The summed E-state index contributed by atoms with van der Waals surface area (Å²) in [5.74, 6) is -1.08. The molecule has 2 heterocycles. The summed E-state index contributed by atoms with van der Waals surface area (Å²) in [6.07, 6.45) is 0. The Bertz CT molecular complexity index is 798. The molecule has 5 heteroatoms. The van der Waals surface area contributed by atoms with Crippen molar-refractivity contribution >= 4 is 27.8 Å². The van der Waals surface area contributed by atoms with Crippen LogP contribution in [0.1, 0.15) is 10.5 Å². The van der Waals surface area contributed by atoms with Gasteiger partial charge in [0, 0.05) is 5.39 Å². The molecule has 0 atom stereocenters. The number of carbonyl (C=O) groups is 1. The molecule has 0 bridgehead atoms. The van der Waals surface area contributed by atoms with Crippen molar-refractivity contribution in [2.75, 3.05) is 0 Å². The minimum absolute atomic E-state index is 0.0156. The molecule has 1 aromatic carbocycles. The molecule has 0 radical (unpaired) electrons. The van der Waals surface area contributed by atoms with Crippen molar-refractivity contribution in [1.82, 2.24) is 9.97 Å². The van der Waals surface area contributed by atoms with Crippen molar-refractivity contribution < 1.29 is 9.90 Å². The van der Waals surface area contributed by atoms with Crippen LogP contribution in [-0.4, -0.2) is 21.0 Å². The predicted octanol–water partition coefficient (Wildman–Crippen LogP) is 1.71. The van der Waals surface area contributed by atoms with Crippen LogP contribution in [0.5, 0.6) is 0 Å². The Morgan fingerprint density at radius 3 is 2.65 bits per heavy atom. The number of carboxylic acid groups (broad SMARTS) is 1. The van der Waals surface area contributed by atoms with Crippen LogP contribution >= 0.6 is 0 Å². The fourth-order valence-electron chi connectivity index (χ4n) is 1.96. The number of hydrogen-bond acceptors (Lipinski definition) is 2. The summed E-state index contributed by atoms with van der Waals surface area (Å²) in [5, 5.41) is 10.1. The number of aromatic amines is 2. The molecule has 0 aliphatic heterocycles. The number of benzene rings is 1. The first kappa shape index (κ1) is 9.65. The molecule has 3 N–H and O–H groups in total. The lowest BCUT2D eigenvalue weighted by Crippen LogP contribution is -2.04. The maximum Gasteiger partial charge on any atom is 0.352 e. The van der Waals surface area contributed by atoms with E-state index in [9.17, 15) is 9.59 Å². The second kappa shape index (κ2) is 3.21. The molecule has 0 amide bonds. The maximum absolute atomic E-state index is 11.8. The van der Waals surface area contributed by atoms with Crippen LogP contribution in [0.25, 0.3) is 21.8 Å². The van der Waals surface area contributed by atoms with Gasteiger partial charge in [-0.05, 0) is 12.1 Å². The summed E-state index contributed by atoms with van der Waals surface area (Å²) in [6.45, 7) is 0. The maximum atomic E-state index is 11.8. The van der Waals surface area contributed by atoms with Crippen molar-refractivity contribution in [2.45, 2.75) is 0 Å². The van der Waals surface area contributed by atoms with Crippen molar-refractivity contribution in [3.63, 3.8) is 0 Å². The smallest absolute Gasteiger partial charge is 0.352 e. The van der Waals surface area contributed by atoms with Crippen LogP contribution in [0.4, 0.5) is 0 Å². The molecule has 0 fully saturated rings. The van der Waals surface area contributed by atoms with Crippen molar-refractivity contribution in [3.05, 3.63) is 46.4 Å². The van der Waals surface area contributed by atoms with Gasteiger partial charge in [-0.3, -0.25) is 4.79 Å². The summed E-state index contributed by atoms with van der Waals surface area (Å²) in [6, 6.07) is 8.60. The first-order chi connectivity index (χ1) is 8.16. The Morgan fingerprint density at radius 2 is 1.88 bits per heavy atom. The molecule has 2 aromatic heterocycles. The second-order valence-electron chi connectivity index (χ2n) is 3.78. The topological polar surface area (TPSA) is 85.9 Å². The highest BCUT2D eigenvalue weighted by molar-refractivity contribution is 6.06. The van der Waals surface area contributed by atoms with Crippen LogP contribution in [0, 0.1) is 0 Å². The Kier molecular flexibility index (Phi) is 1.82. The summed E-state index contributed by atoms with van der Waals surface area (Å²) < 4.78 is 0. The molecular formula is C12H8N2O3. The number of aromatic nitrogens is 2. The zero-order valence-electron chi connectivity index (χ0n) is 8.65. The van der Waals surface area contributed by atoms with E-state index in [1.807, 2.05) is 18.2 Å². The lowest BCUT2D eigenvalue weighted by molar-refractivity contribution is 0.0691. The van der Waals surface area contributed by atoms with Gasteiger partial charge in [0.15, 0.2) is 0 Å². The fraction of sp³-hybridized carbons (Fsp3) is 0. The van der Waals surface area contributed by atoms with E-state index in [2.05, 4.69) is 9.97 Å². The quantitative estimate of drug-likeness (QED) is 0.592. The Labute approximate surface area is 94.7 Å². The van der Waals surface area contributed by atoms with Gasteiger partial charge in [0.25, 0.3) is 5.56 Å². The molecule has 3 rings (SSSR count). The Balaban J connectivity index is 2.56. The molecular weight excluding hydrogens is 220 g/mol. The van der Waals surface area contributed by atoms with Crippen molar-refractivity contribution in [3.8, 4) is 0 Å². The van der Waals surface area contributed by atoms with Gasteiger partial charge >= 0.3 is 5.97 Å². The molecule has 3 aromatic rings. The predicted molar refractivity (Wildman–Crippen MR) is 63.4 cm³/mol. The first-order valence-corrected chi connectivity index (χ1v) is 5.04. The average molecular weight is 228 g/mol. The third kappa shape index (κ3) is 1.32. The molecule has 0 aliphatic rings. The van der Waals surface area contributed by atoms with E-state index in [4.69, 9.17) is 5.11 Å². The third-order valence-electron chi connectivity index (χ3n) is 2.74. The van der Waals surface area contributed by atoms with E-state index in [1.165, 1.54) is 6.07 Å². The van der Waals surface area contributed by atoms with Crippen LogP contribution in [0.15, 0.2) is 35.1 Å². The highest BCUT2D eigenvalue weighted by Crippen LogP contribution is 2.20. The van der Waals surface area contributed by atoms with E-state index in [-0.39, 0.29) is 11.3 Å². The highest BCUT2D eigenvalue weighted by atomic mass is 16.4. The molecule has 0 saturated carbocycles. The van der Waals surface area contributed by atoms with Crippen LogP contribution in [0.3, 0.4) is 0 Å². The number of aromatic carboxylic acids is 1. The van der Waals surface area contributed by atoms with Gasteiger partial charge in [-0.2, -0.15) is 0 Å². The van der Waals surface area contributed by atoms with Gasteiger partial charge in [0.05, 0.1) is 16.4 Å². The van der Waals surface area contributed by atoms with Crippen molar-refractivity contribution in [2.24, 2.45) is 0 Å². The Hall–Kier alpha value is -2.56. The largest absolute Gasteiger partial charge is 0.477 e. The third-order valence-corrected chi connectivity index (χ3v) is 2.74. The van der Waals surface area contributed by atoms with Gasteiger partial charge in [0.2, 0.25) is 0 Å². The molecule has 5 nitrogen and oxygen atoms in total. The minimum Gasteiger partial charge on any atom is -0.477 e. The number of H-pyrrole nitrogens is 2. The van der Waals surface area contributed by atoms with Crippen LogP contribution in [-0.2, 0) is 0 Å². The first-order valence-electron chi connectivity index (χ1n) is 5.04. The van der Waals surface area contributed by atoms with Gasteiger partial charge in [0.1, 0.15) is 5.69 Å².